The number of carbonyl (C=O) groups is 1. The van der Waals surface area contributed by atoms with Crippen LogP contribution in [0.2, 0.25) is 0 Å². The van der Waals surface area contributed by atoms with Crippen LogP contribution in [0.15, 0.2) is 24.3 Å². The molecule has 7 heteroatoms. The lowest BCUT2D eigenvalue weighted by Gasteiger charge is -2.04. The van der Waals surface area contributed by atoms with Gasteiger partial charge in [-0.15, -0.1) is 10.2 Å². The van der Waals surface area contributed by atoms with Crippen molar-refractivity contribution < 1.29 is 13.9 Å². The van der Waals surface area contributed by atoms with Crippen molar-refractivity contribution in [1.29, 1.82) is 0 Å². The Kier molecular flexibility index (Phi) is 3.65. The first-order valence-corrected chi connectivity index (χ1v) is 5.55. The number of nitrogens with two attached hydrogens (primary N) is 1. The molecule has 0 amide bonds. The van der Waals surface area contributed by atoms with Gasteiger partial charge in [0.15, 0.2) is 11.6 Å². The maximum atomic E-state index is 12.8. The van der Waals surface area contributed by atoms with E-state index in [2.05, 4.69) is 15.2 Å². The molecule has 2 aromatic rings. The highest BCUT2D eigenvalue weighted by Gasteiger charge is 2.16. The predicted molar refractivity (Wildman–Crippen MR) is 65.6 cm³/mol. The average Bonchev–Trinajstić information content (AvgIpc) is 2.39. The van der Waals surface area contributed by atoms with Gasteiger partial charge in [-0.25, -0.2) is 14.2 Å². The molecule has 0 saturated heterocycles. The molecule has 0 spiro atoms. The van der Waals surface area contributed by atoms with Crippen LogP contribution in [0.5, 0.6) is 0 Å². The quantitative estimate of drug-likeness (QED) is 0.841. The Labute approximate surface area is 108 Å². The van der Waals surface area contributed by atoms with Crippen LogP contribution in [0.3, 0.4) is 0 Å². The molecule has 0 atom stereocenters. The van der Waals surface area contributed by atoms with Gasteiger partial charge in [-0.3, -0.25) is 0 Å². The number of nitrogen functional groups attached to an aromatic ring is 1. The van der Waals surface area contributed by atoms with Gasteiger partial charge in [0, 0.05) is 5.56 Å². The number of nitrogens with zero attached hydrogens (tertiary/aromatic N) is 3. The Balaban J connectivity index is 2.33. The zero-order valence-corrected chi connectivity index (χ0v) is 10.1. The van der Waals surface area contributed by atoms with Gasteiger partial charge in [-0.2, -0.15) is 0 Å². The first kappa shape index (κ1) is 12.9. The fourth-order valence-corrected chi connectivity index (χ4v) is 1.40. The van der Waals surface area contributed by atoms with Crippen molar-refractivity contribution in [3.8, 4) is 11.4 Å². The summed E-state index contributed by atoms with van der Waals surface area (Å²) in [5, 5.41) is 7.47. The molecule has 0 aliphatic rings. The molecule has 6 nitrogen and oxygen atoms in total. The van der Waals surface area contributed by atoms with E-state index in [0.29, 0.717) is 5.56 Å². The molecule has 1 aromatic heterocycles. The molecule has 2 rings (SSSR count). The topological polar surface area (TPSA) is 91.0 Å². The molecule has 0 bridgehead atoms. The summed E-state index contributed by atoms with van der Waals surface area (Å²) in [4.78, 5) is 15.4. The van der Waals surface area contributed by atoms with Crippen LogP contribution in [-0.2, 0) is 4.74 Å². The molecular weight excluding hydrogens is 251 g/mol. The summed E-state index contributed by atoms with van der Waals surface area (Å²) >= 11 is 0. The maximum Gasteiger partial charge on any atom is 0.362 e. The number of rotatable bonds is 3. The summed E-state index contributed by atoms with van der Waals surface area (Å²) in [6, 6.07) is 5.54. The van der Waals surface area contributed by atoms with Crippen LogP contribution in [0, 0.1) is 5.82 Å². The third kappa shape index (κ3) is 2.82. The smallest absolute Gasteiger partial charge is 0.362 e. The van der Waals surface area contributed by atoms with E-state index >= 15 is 0 Å². The molecule has 98 valence electrons. The minimum absolute atomic E-state index is 0.0761. The number of hydrogen-bond acceptors (Lipinski definition) is 6. The van der Waals surface area contributed by atoms with Gasteiger partial charge in [-0.1, -0.05) is 0 Å². The lowest BCUT2D eigenvalue weighted by molar-refractivity contribution is 0.0519. The van der Waals surface area contributed by atoms with Crippen molar-refractivity contribution in [2.75, 3.05) is 12.3 Å². The van der Waals surface area contributed by atoms with Crippen LogP contribution < -0.4 is 5.73 Å². The van der Waals surface area contributed by atoms with Gasteiger partial charge in [0.1, 0.15) is 5.82 Å². The van der Waals surface area contributed by atoms with Crippen LogP contribution in [-0.4, -0.2) is 27.8 Å². The van der Waals surface area contributed by atoms with Crippen molar-refractivity contribution in [3.05, 3.63) is 35.8 Å². The van der Waals surface area contributed by atoms with E-state index in [9.17, 15) is 9.18 Å². The highest BCUT2D eigenvalue weighted by Crippen LogP contribution is 2.16. The molecule has 19 heavy (non-hydrogen) atoms. The Morgan fingerprint density at radius 1 is 1.32 bits per heavy atom. The van der Waals surface area contributed by atoms with Gasteiger partial charge in [-0.05, 0) is 31.2 Å². The van der Waals surface area contributed by atoms with Gasteiger partial charge in [0.2, 0.25) is 5.69 Å². The van der Waals surface area contributed by atoms with Gasteiger partial charge in [0.05, 0.1) is 6.61 Å². The summed E-state index contributed by atoms with van der Waals surface area (Å²) in [6.45, 7) is 1.88. The van der Waals surface area contributed by atoms with Crippen LogP contribution in [0.25, 0.3) is 11.4 Å². The molecule has 0 unspecified atom stereocenters. The van der Waals surface area contributed by atoms with Crippen molar-refractivity contribution in [1.82, 2.24) is 15.2 Å². The molecule has 0 aliphatic carbocycles. The first-order chi connectivity index (χ1) is 9.11. The predicted octanol–water partition coefficient (Wildman–Crippen LogP) is 1.44. The number of esters is 1. The first-order valence-electron chi connectivity index (χ1n) is 5.55. The SMILES string of the molecule is CCOC(=O)c1nnc(-c2ccc(F)cc2)nc1N. The van der Waals surface area contributed by atoms with E-state index < -0.39 is 5.97 Å². The fraction of sp³-hybridized carbons (Fsp3) is 0.167. The summed E-state index contributed by atoms with van der Waals surface area (Å²) in [6.07, 6.45) is 0. The fourth-order valence-electron chi connectivity index (χ4n) is 1.40. The largest absolute Gasteiger partial charge is 0.461 e. The monoisotopic (exact) mass is 262 g/mol. The second-order valence-electron chi connectivity index (χ2n) is 3.60. The third-order valence-corrected chi connectivity index (χ3v) is 2.28. The molecule has 0 radical (unpaired) electrons. The highest BCUT2D eigenvalue weighted by molar-refractivity contribution is 5.91. The van der Waals surface area contributed by atoms with E-state index in [1.54, 1.807) is 6.92 Å². The van der Waals surface area contributed by atoms with Gasteiger partial charge < -0.3 is 10.5 Å². The normalized spacial score (nSPS) is 10.2. The standard InChI is InChI=1S/C12H11FN4O2/c1-2-19-12(18)9-10(14)15-11(17-16-9)7-3-5-8(13)6-4-7/h3-6H,2H2,1H3,(H2,14,15,17). The average molecular weight is 262 g/mol. The Morgan fingerprint density at radius 3 is 2.58 bits per heavy atom. The molecular formula is C12H11FN4O2. The maximum absolute atomic E-state index is 12.8. The van der Waals surface area contributed by atoms with E-state index in [1.807, 2.05) is 0 Å². The number of ether oxygens (including phenoxy) is 1. The molecule has 1 heterocycles. The lowest BCUT2D eigenvalue weighted by Crippen LogP contribution is -2.13. The number of hydrogen-bond donors (Lipinski definition) is 1. The second kappa shape index (κ2) is 5.38. The minimum Gasteiger partial charge on any atom is -0.461 e. The van der Waals surface area contributed by atoms with Gasteiger partial charge >= 0.3 is 5.97 Å². The minimum atomic E-state index is -0.675. The summed E-state index contributed by atoms with van der Waals surface area (Å²) in [5.74, 6) is -0.906. The van der Waals surface area contributed by atoms with Crippen molar-refractivity contribution in [3.63, 3.8) is 0 Å². The van der Waals surface area contributed by atoms with Crippen LogP contribution in [0.1, 0.15) is 17.4 Å². The van der Waals surface area contributed by atoms with Crippen molar-refractivity contribution in [2.24, 2.45) is 0 Å². The number of aromatic nitrogens is 3. The molecule has 2 N–H and O–H groups in total. The molecule has 0 aliphatic heterocycles. The molecule has 0 saturated carbocycles. The number of halogens is 1. The van der Waals surface area contributed by atoms with E-state index in [-0.39, 0.29) is 29.8 Å². The van der Waals surface area contributed by atoms with E-state index in [0.717, 1.165) is 0 Å². The summed E-state index contributed by atoms with van der Waals surface area (Å²) < 4.78 is 17.6. The van der Waals surface area contributed by atoms with Crippen LogP contribution >= 0.6 is 0 Å². The number of anilines is 1. The van der Waals surface area contributed by atoms with E-state index in [4.69, 9.17) is 10.5 Å². The Morgan fingerprint density at radius 2 is 2.00 bits per heavy atom. The molecule has 0 fully saturated rings. The summed E-state index contributed by atoms with van der Waals surface area (Å²) in [5.41, 5.74) is 6.05. The number of benzene rings is 1. The van der Waals surface area contributed by atoms with Crippen LogP contribution in [0.4, 0.5) is 10.2 Å². The molecule has 1 aromatic carbocycles. The van der Waals surface area contributed by atoms with Crippen molar-refractivity contribution >= 4 is 11.8 Å². The third-order valence-electron chi connectivity index (χ3n) is 2.28. The zero-order valence-electron chi connectivity index (χ0n) is 10.1. The Hall–Kier alpha value is -2.57. The second-order valence-corrected chi connectivity index (χ2v) is 3.60. The van der Waals surface area contributed by atoms with E-state index in [1.165, 1.54) is 24.3 Å². The zero-order chi connectivity index (χ0) is 13.8. The van der Waals surface area contributed by atoms with Gasteiger partial charge in [0.25, 0.3) is 0 Å². The summed E-state index contributed by atoms with van der Waals surface area (Å²) in [7, 11) is 0. The highest BCUT2D eigenvalue weighted by atomic mass is 19.1. The number of carbonyl (C=O) groups excluding carboxylic acids is 1. The Bertz CT molecular complexity index is 601. The van der Waals surface area contributed by atoms with Crippen molar-refractivity contribution in [2.45, 2.75) is 6.92 Å². The lowest BCUT2D eigenvalue weighted by atomic mass is 10.2.